The Morgan fingerprint density at radius 1 is 1.07 bits per heavy atom. The molecule has 0 radical (unpaired) electrons. The molecule has 2 aromatic carbocycles. The van der Waals surface area contributed by atoms with Crippen LogP contribution in [0, 0.1) is 5.82 Å². The van der Waals surface area contributed by atoms with E-state index in [1.54, 1.807) is 18.2 Å². The van der Waals surface area contributed by atoms with Gasteiger partial charge in [-0.15, -0.1) is 0 Å². The Labute approximate surface area is 248 Å². The van der Waals surface area contributed by atoms with Gasteiger partial charge < -0.3 is 23.9 Å². The Kier molecular flexibility index (Phi) is 7.25. The van der Waals surface area contributed by atoms with E-state index in [2.05, 4.69) is 27.1 Å². The van der Waals surface area contributed by atoms with E-state index >= 15 is 0 Å². The smallest absolute Gasteiger partial charge is 0.165 e. The van der Waals surface area contributed by atoms with Crippen molar-refractivity contribution in [2.24, 2.45) is 0 Å². The molecule has 0 saturated carbocycles. The Hall–Kier alpha value is -3.66. The minimum atomic E-state index is -0.541. The van der Waals surface area contributed by atoms with Crippen molar-refractivity contribution in [3.05, 3.63) is 88.6 Å². The quantitative estimate of drug-likeness (QED) is 0.248. The third kappa shape index (κ3) is 5.21. The highest BCUT2D eigenvalue weighted by Crippen LogP contribution is 2.45. The van der Waals surface area contributed by atoms with Crippen molar-refractivity contribution in [1.82, 2.24) is 19.4 Å². The molecule has 1 N–H and O–H groups in total. The molecule has 2 saturated heterocycles. The van der Waals surface area contributed by atoms with Crippen LogP contribution in [0.5, 0.6) is 11.5 Å². The highest BCUT2D eigenvalue weighted by atomic mass is 35.5. The molecule has 7 rings (SSSR count). The minimum Gasteiger partial charge on any atom is -0.506 e. The number of hydrogen-bond donors (Lipinski definition) is 1. The highest BCUT2D eigenvalue weighted by molar-refractivity contribution is 6.30. The van der Waals surface area contributed by atoms with Crippen LogP contribution in [0.2, 0.25) is 5.02 Å². The molecule has 2 atom stereocenters. The number of likely N-dealkylation sites (tertiary alicyclic amines) is 1. The SMILES string of the molecule is C=C(O)c1ccc2nc(CN3CCC(c4cccc5c4OC(c4ccc(Cl)cc4F)CO5)CC3)n(C[C@@H]3CCO3)c2n1. The number of nitrogens with zero attached hydrogens (tertiary/aromatic N) is 4. The lowest BCUT2D eigenvalue weighted by atomic mass is 9.88. The average Bonchev–Trinajstić information content (AvgIpc) is 3.30. The first kappa shape index (κ1) is 27.2. The molecular formula is C32H32ClFN4O4. The predicted octanol–water partition coefficient (Wildman–Crippen LogP) is 6.43. The van der Waals surface area contributed by atoms with E-state index in [1.807, 2.05) is 18.2 Å². The standard InChI is InChI=1S/C32H32ClFN4O4/c1-19(39)26-7-8-27-32(36-26)38(16-22-11-14-40-22)30(35-27)17-37-12-9-20(10-13-37)23-3-2-4-28-31(23)42-29(18-41-28)24-6-5-21(33)15-25(24)34/h2-8,15,20,22,29,39H,1,9-14,16-18H2/t22-,29?/m0/s1. The molecule has 1 unspecified atom stereocenters. The summed E-state index contributed by atoms with van der Waals surface area (Å²) in [4.78, 5) is 12.0. The van der Waals surface area contributed by atoms with Gasteiger partial charge >= 0.3 is 0 Å². The topological polar surface area (TPSA) is 81.9 Å². The molecule has 0 bridgehead atoms. The van der Waals surface area contributed by atoms with Crippen molar-refractivity contribution in [2.75, 3.05) is 26.3 Å². The fourth-order valence-corrected chi connectivity index (χ4v) is 6.27. The number of hydrogen-bond acceptors (Lipinski definition) is 7. The fraction of sp³-hybridized carbons (Fsp3) is 0.375. The summed E-state index contributed by atoms with van der Waals surface area (Å²) in [6.07, 6.45) is 2.50. The number of imidazole rings is 1. The number of piperidine rings is 1. The fourth-order valence-electron chi connectivity index (χ4n) is 6.11. The maximum atomic E-state index is 14.7. The third-order valence-corrected chi connectivity index (χ3v) is 8.74. The van der Waals surface area contributed by atoms with E-state index in [9.17, 15) is 9.50 Å². The molecule has 0 aliphatic carbocycles. The lowest BCUT2D eigenvalue weighted by Crippen LogP contribution is -2.35. The van der Waals surface area contributed by atoms with Gasteiger partial charge in [-0.3, -0.25) is 4.90 Å². The average molecular weight is 591 g/mol. The molecule has 8 nitrogen and oxygen atoms in total. The van der Waals surface area contributed by atoms with E-state index in [0.29, 0.717) is 40.9 Å². The number of aliphatic hydroxyl groups is 1. The van der Waals surface area contributed by atoms with Gasteiger partial charge in [0.2, 0.25) is 0 Å². The second kappa shape index (κ2) is 11.2. The summed E-state index contributed by atoms with van der Waals surface area (Å²) in [5.74, 6) is 2.17. The zero-order chi connectivity index (χ0) is 28.8. The first-order valence-electron chi connectivity index (χ1n) is 14.4. The molecule has 218 valence electrons. The number of para-hydroxylation sites is 1. The second-order valence-corrected chi connectivity index (χ2v) is 11.7. The zero-order valence-corrected chi connectivity index (χ0v) is 23.9. The van der Waals surface area contributed by atoms with Crippen molar-refractivity contribution in [1.29, 1.82) is 0 Å². The number of rotatable bonds is 7. The predicted molar refractivity (Wildman–Crippen MR) is 158 cm³/mol. The molecule has 10 heteroatoms. The van der Waals surface area contributed by atoms with E-state index in [4.69, 9.17) is 30.8 Å². The van der Waals surface area contributed by atoms with Crippen LogP contribution in [0.4, 0.5) is 4.39 Å². The second-order valence-electron chi connectivity index (χ2n) is 11.2. The van der Waals surface area contributed by atoms with Crippen molar-refractivity contribution in [3.63, 3.8) is 0 Å². The molecule has 3 aliphatic rings. The largest absolute Gasteiger partial charge is 0.506 e. The number of aliphatic hydroxyl groups excluding tert-OH is 1. The first-order valence-corrected chi connectivity index (χ1v) is 14.8. The molecule has 42 heavy (non-hydrogen) atoms. The third-order valence-electron chi connectivity index (χ3n) is 8.51. The summed E-state index contributed by atoms with van der Waals surface area (Å²) in [7, 11) is 0. The molecule has 3 aliphatic heterocycles. The van der Waals surface area contributed by atoms with E-state index in [0.717, 1.165) is 61.5 Å². The molecule has 4 aromatic rings. The van der Waals surface area contributed by atoms with Crippen molar-refractivity contribution >= 4 is 28.5 Å². The van der Waals surface area contributed by atoms with Crippen LogP contribution >= 0.6 is 11.6 Å². The maximum Gasteiger partial charge on any atom is 0.165 e. The molecule has 2 fully saturated rings. The molecule has 0 spiro atoms. The van der Waals surface area contributed by atoms with E-state index < -0.39 is 11.9 Å². The molecular weight excluding hydrogens is 559 g/mol. The van der Waals surface area contributed by atoms with Crippen LogP contribution < -0.4 is 9.47 Å². The van der Waals surface area contributed by atoms with Crippen LogP contribution in [0.15, 0.2) is 55.1 Å². The number of halogens is 2. The lowest BCUT2D eigenvalue weighted by Gasteiger charge is -2.35. The summed E-state index contributed by atoms with van der Waals surface area (Å²) in [5, 5.41) is 10.3. The van der Waals surface area contributed by atoms with Gasteiger partial charge in [0, 0.05) is 22.8 Å². The van der Waals surface area contributed by atoms with Crippen LogP contribution in [-0.2, 0) is 17.8 Å². The van der Waals surface area contributed by atoms with Gasteiger partial charge in [0.25, 0.3) is 0 Å². The summed E-state index contributed by atoms with van der Waals surface area (Å²) >= 11 is 5.96. The van der Waals surface area contributed by atoms with Gasteiger partial charge in [-0.25, -0.2) is 14.4 Å². The van der Waals surface area contributed by atoms with Crippen molar-refractivity contribution < 1.29 is 23.7 Å². The van der Waals surface area contributed by atoms with Gasteiger partial charge in [0.15, 0.2) is 23.3 Å². The molecule has 5 heterocycles. The molecule has 2 aromatic heterocycles. The summed E-state index contributed by atoms with van der Waals surface area (Å²) in [5.41, 5.74) is 3.52. The normalized spacial score (nSPS) is 20.9. The monoisotopic (exact) mass is 590 g/mol. The Bertz CT molecular complexity index is 1650. The Morgan fingerprint density at radius 3 is 2.64 bits per heavy atom. The number of ether oxygens (including phenoxy) is 3. The summed E-state index contributed by atoms with van der Waals surface area (Å²) in [6.45, 7) is 7.79. The van der Waals surface area contributed by atoms with E-state index in [-0.39, 0.29) is 24.4 Å². The number of benzene rings is 2. The molecule has 0 amide bonds. The van der Waals surface area contributed by atoms with Crippen LogP contribution in [0.1, 0.15) is 53.9 Å². The number of aromatic nitrogens is 3. The summed E-state index contributed by atoms with van der Waals surface area (Å²) < 4.78 is 35.0. The van der Waals surface area contributed by atoms with Crippen LogP contribution in [0.25, 0.3) is 16.9 Å². The Morgan fingerprint density at radius 2 is 1.90 bits per heavy atom. The van der Waals surface area contributed by atoms with Crippen LogP contribution in [-0.4, -0.2) is 56.9 Å². The van der Waals surface area contributed by atoms with Crippen LogP contribution in [0.3, 0.4) is 0 Å². The maximum absolute atomic E-state index is 14.7. The highest BCUT2D eigenvalue weighted by Gasteiger charge is 2.31. The Balaban J connectivity index is 1.07. The summed E-state index contributed by atoms with van der Waals surface area (Å²) in [6, 6.07) is 14.3. The van der Waals surface area contributed by atoms with Crippen molar-refractivity contribution in [2.45, 2.75) is 50.5 Å². The lowest BCUT2D eigenvalue weighted by molar-refractivity contribution is -0.0593. The zero-order valence-electron chi connectivity index (χ0n) is 23.1. The minimum absolute atomic E-state index is 0.0599. The van der Waals surface area contributed by atoms with Gasteiger partial charge in [0.05, 0.1) is 19.2 Å². The van der Waals surface area contributed by atoms with Gasteiger partial charge in [-0.05, 0) is 68.6 Å². The number of pyridine rings is 1. The van der Waals surface area contributed by atoms with Gasteiger partial charge in [-0.2, -0.15) is 0 Å². The van der Waals surface area contributed by atoms with Gasteiger partial charge in [0.1, 0.15) is 35.2 Å². The first-order chi connectivity index (χ1) is 20.4. The van der Waals surface area contributed by atoms with Crippen molar-refractivity contribution in [3.8, 4) is 11.5 Å². The van der Waals surface area contributed by atoms with Gasteiger partial charge in [-0.1, -0.05) is 36.4 Å². The number of fused-ring (bicyclic) bond motifs is 2. The van der Waals surface area contributed by atoms with E-state index in [1.165, 1.54) is 6.07 Å².